The first-order valence-corrected chi connectivity index (χ1v) is 37.7. The van der Waals surface area contributed by atoms with E-state index in [1.54, 1.807) is 0 Å². The van der Waals surface area contributed by atoms with E-state index in [-0.39, 0.29) is 0 Å². The van der Waals surface area contributed by atoms with Crippen LogP contribution in [0.3, 0.4) is 0 Å². The van der Waals surface area contributed by atoms with Crippen molar-refractivity contribution in [2.24, 2.45) is 0 Å². The monoisotopic (exact) mass is 1410 g/mol. The van der Waals surface area contributed by atoms with Crippen molar-refractivity contribution in [3.63, 3.8) is 0 Å². The quantitative estimate of drug-likeness (QED) is 0.126. The first-order chi connectivity index (χ1) is 53.5. The maximum absolute atomic E-state index is 5.48. The van der Waals surface area contributed by atoms with Gasteiger partial charge in [0.15, 0.2) is 34.9 Å². The van der Waals surface area contributed by atoms with Crippen LogP contribution in [0.15, 0.2) is 364 Å². The molecule has 0 atom stereocenters. The molecule has 504 valence electrons. The molecule has 0 unspecified atom stereocenters. The Hall–Kier alpha value is -13.9. The molecular weight excluding hydrogens is 1350 g/mol. The van der Waals surface area contributed by atoms with Crippen LogP contribution >= 0.6 is 22.7 Å². The minimum absolute atomic E-state index is 0.620. The lowest BCUT2D eigenvalue weighted by Gasteiger charge is -2.14. The fourth-order valence-electron chi connectivity index (χ4n) is 15.1. The number of aromatic nitrogens is 8. The van der Waals surface area contributed by atoms with Gasteiger partial charge in [-0.25, -0.2) is 39.9 Å². The lowest BCUT2D eigenvalue weighted by Crippen LogP contribution is -2.00. The minimum atomic E-state index is 0.620. The van der Waals surface area contributed by atoms with Gasteiger partial charge in [0.25, 0.3) is 0 Å². The molecule has 0 radical (unpaired) electrons. The fourth-order valence-corrected chi connectivity index (χ4v) is 17.7. The summed E-state index contributed by atoms with van der Waals surface area (Å²) in [5, 5.41) is 12.1. The molecule has 6 aromatic heterocycles. The summed E-state index contributed by atoms with van der Waals surface area (Å²) in [4.78, 5) is 40.9. The highest BCUT2D eigenvalue weighted by molar-refractivity contribution is 7.27. The average Bonchev–Trinajstić information content (AvgIpc) is 1.53. The molecule has 0 fully saturated rings. The third kappa shape index (κ3) is 11.7. The third-order valence-corrected chi connectivity index (χ3v) is 22.6. The summed E-state index contributed by atoms with van der Waals surface area (Å²) in [6, 6.07) is 127. The van der Waals surface area contributed by atoms with Crippen LogP contribution in [0, 0.1) is 0 Å². The number of rotatable bonds is 11. The largest absolute Gasteiger partial charge is 0.247 e. The maximum atomic E-state index is 5.48. The number of hydrogen-bond donors (Lipinski definition) is 0. The zero-order chi connectivity index (χ0) is 71.4. The van der Waals surface area contributed by atoms with Crippen LogP contribution in [0.25, 0.3) is 208 Å². The molecule has 0 aliphatic carbocycles. The Kier molecular flexibility index (Phi) is 16.1. The van der Waals surface area contributed by atoms with Gasteiger partial charge in [-0.05, 0) is 85.3 Å². The van der Waals surface area contributed by atoms with E-state index in [4.69, 9.17) is 39.9 Å². The SMILES string of the molecule is c1ccc(-c2ccc(-c3nc(-c4ccccc4)nc(-c4ccc(-c5nc6cccc(-c7cccc8ccccc78)c6c6sc7ccccc7c56)cc4)n3)cc2)cc1.c1ccc(-c2nc(-c3ccccc3)nc(-c3cccc(-c4nc5cccc(-c6cccc7ccccc67)c5c5sc6ccccc6c45)c3)n2)cc1. The number of pyridine rings is 2. The van der Waals surface area contributed by atoms with E-state index in [1.807, 2.05) is 120 Å². The Morgan fingerprint density at radius 2 is 0.463 bits per heavy atom. The van der Waals surface area contributed by atoms with Crippen molar-refractivity contribution in [2.45, 2.75) is 0 Å². The van der Waals surface area contributed by atoms with E-state index in [2.05, 4.69) is 267 Å². The Labute approximate surface area is 630 Å². The molecule has 6 heterocycles. The Morgan fingerprint density at radius 1 is 0.176 bits per heavy atom. The van der Waals surface area contributed by atoms with Crippen molar-refractivity contribution in [2.75, 3.05) is 0 Å². The lowest BCUT2D eigenvalue weighted by molar-refractivity contribution is 1.07. The first kappa shape index (κ1) is 63.8. The van der Waals surface area contributed by atoms with E-state index < -0.39 is 0 Å². The molecule has 0 bridgehead atoms. The molecule has 10 heteroatoms. The van der Waals surface area contributed by atoms with Crippen LogP contribution in [0.1, 0.15) is 0 Å². The van der Waals surface area contributed by atoms with Gasteiger partial charge < -0.3 is 0 Å². The molecule has 8 nitrogen and oxygen atoms in total. The molecule has 0 saturated heterocycles. The molecule has 21 rings (SSSR count). The molecular formula is C98H60N8S2. The highest BCUT2D eigenvalue weighted by Gasteiger charge is 2.24. The number of hydrogen-bond acceptors (Lipinski definition) is 10. The second-order valence-corrected chi connectivity index (χ2v) is 28.9. The predicted octanol–water partition coefficient (Wildman–Crippen LogP) is 26.2. The van der Waals surface area contributed by atoms with Crippen molar-refractivity contribution in [1.29, 1.82) is 0 Å². The predicted molar refractivity (Wildman–Crippen MR) is 451 cm³/mol. The normalized spacial score (nSPS) is 11.5. The molecule has 0 amide bonds. The molecule has 0 saturated carbocycles. The van der Waals surface area contributed by atoms with E-state index in [1.165, 1.54) is 100 Å². The molecule has 0 aliphatic rings. The second kappa shape index (κ2) is 27.3. The van der Waals surface area contributed by atoms with E-state index in [9.17, 15) is 0 Å². The van der Waals surface area contributed by atoms with Crippen molar-refractivity contribution >= 4 is 106 Å². The number of benzene rings is 15. The summed E-state index contributed by atoms with van der Waals surface area (Å²) in [6.07, 6.45) is 0. The average molecular weight is 1410 g/mol. The van der Waals surface area contributed by atoms with Crippen molar-refractivity contribution < 1.29 is 0 Å². The number of thiophene rings is 2. The molecule has 108 heavy (non-hydrogen) atoms. The zero-order valence-electron chi connectivity index (χ0n) is 58.0. The Morgan fingerprint density at radius 3 is 0.907 bits per heavy atom. The molecule has 15 aromatic carbocycles. The summed E-state index contributed by atoms with van der Waals surface area (Å²) in [5.74, 6) is 3.79. The van der Waals surface area contributed by atoms with Crippen molar-refractivity contribution in [3.8, 4) is 124 Å². The summed E-state index contributed by atoms with van der Waals surface area (Å²) in [5.41, 5.74) is 18.6. The van der Waals surface area contributed by atoms with Gasteiger partial charge in [0, 0.05) is 95.6 Å². The van der Waals surface area contributed by atoms with Crippen LogP contribution < -0.4 is 0 Å². The standard InChI is InChI=1S/C52H32N4S.C46H28N4S/c1-3-13-33(14-4-1)34-25-29-38(30-26-34)51-54-50(37-16-5-2-6-17-37)55-52(56-51)39-31-27-36(28-32-39)48-47-43-20-9-10-24-45(43)57-49(47)46-42(22-12-23-44(46)53-48)41-21-11-18-35-15-7-8-19-40(35)41;1-3-15-30(16-4-1)44-48-45(31-17-5-2-6-18-31)50-46(49-44)33-21-11-20-32(28-33)42-41-37-23-9-10-27-39(37)51-43(41)40-36(25-13-26-38(40)47-42)35-24-12-19-29-14-7-8-22-34(29)35/h1-32H;1-28H. The molecule has 0 N–H and O–H groups in total. The van der Waals surface area contributed by atoms with E-state index in [0.717, 1.165) is 72.5 Å². The van der Waals surface area contributed by atoms with Crippen molar-refractivity contribution in [3.05, 3.63) is 364 Å². The van der Waals surface area contributed by atoms with Crippen LogP contribution in [-0.2, 0) is 0 Å². The van der Waals surface area contributed by atoms with Gasteiger partial charge in [-0.15, -0.1) is 22.7 Å². The molecule has 0 spiro atoms. The number of fused-ring (bicyclic) bond motifs is 12. The maximum Gasteiger partial charge on any atom is 0.164 e. The Balaban J connectivity index is 0.000000143. The van der Waals surface area contributed by atoms with Gasteiger partial charge in [0.05, 0.1) is 22.4 Å². The first-order valence-electron chi connectivity index (χ1n) is 36.0. The molecule has 0 aliphatic heterocycles. The number of nitrogens with zero attached hydrogens (tertiary/aromatic N) is 8. The topological polar surface area (TPSA) is 103 Å². The fraction of sp³-hybridized carbons (Fsp3) is 0. The summed E-state index contributed by atoms with van der Waals surface area (Å²) in [6.45, 7) is 0. The van der Waals surface area contributed by atoms with Gasteiger partial charge in [0.1, 0.15) is 0 Å². The summed E-state index contributed by atoms with van der Waals surface area (Å²) >= 11 is 3.69. The lowest BCUT2D eigenvalue weighted by atomic mass is 9.93. The smallest absolute Gasteiger partial charge is 0.164 e. The van der Waals surface area contributed by atoms with Gasteiger partial charge in [-0.1, -0.05) is 334 Å². The van der Waals surface area contributed by atoms with Crippen LogP contribution in [0.4, 0.5) is 0 Å². The summed E-state index contributed by atoms with van der Waals surface area (Å²) < 4.78 is 4.97. The van der Waals surface area contributed by atoms with Gasteiger partial charge in [0.2, 0.25) is 0 Å². The van der Waals surface area contributed by atoms with Crippen LogP contribution in [-0.4, -0.2) is 39.9 Å². The van der Waals surface area contributed by atoms with Crippen molar-refractivity contribution in [1.82, 2.24) is 39.9 Å². The van der Waals surface area contributed by atoms with Crippen LogP contribution in [0.5, 0.6) is 0 Å². The minimum Gasteiger partial charge on any atom is -0.247 e. The van der Waals surface area contributed by atoms with Crippen LogP contribution in [0.2, 0.25) is 0 Å². The zero-order valence-corrected chi connectivity index (χ0v) is 59.7. The highest BCUT2D eigenvalue weighted by Crippen LogP contribution is 2.49. The van der Waals surface area contributed by atoms with E-state index >= 15 is 0 Å². The van der Waals surface area contributed by atoms with Gasteiger partial charge in [-0.3, -0.25) is 0 Å². The molecule has 21 aromatic rings. The van der Waals surface area contributed by atoms with Gasteiger partial charge in [-0.2, -0.15) is 0 Å². The summed E-state index contributed by atoms with van der Waals surface area (Å²) in [7, 11) is 0. The van der Waals surface area contributed by atoms with Gasteiger partial charge >= 0.3 is 0 Å². The van der Waals surface area contributed by atoms with E-state index in [0.29, 0.717) is 34.9 Å². The highest BCUT2D eigenvalue weighted by atomic mass is 32.1. The third-order valence-electron chi connectivity index (χ3n) is 20.3. The Bertz CT molecular complexity index is 6960. The second-order valence-electron chi connectivity index (χ2n) is 26.8.